The number of thiophene rings is 1. The third kappa shape index (κ3) is 5.83. The molecule has 1 aromatic carbocycles. The Bertz CT molecular complexity index is 1110. The van der Waals surface area contributed by atoms with Crippen molar-refractivity contribution in [1.82, 2.24) is 5.32 Å². The van der Waals surface area contributed by atoms with Crippen molar-refractivity contribution in [2.75, 3.05) is 19.9 Å². The number of esters is 1. The highest BCUT2D eigenvalue weighted by Gasteiger charge is 2.38. The number of alkyl halides is 3. The van der Waals surface area contributed by atoms with Crippen molar-refractivity contribution in [1.29, 1.82) is 5.41 Å². The molecule has 1 aromatic heterocycles. The molecule has 0 aliphatic heterocycles. The smallest absolute Gasteiger partial charge is 0.434 e. The molecule has 12 heteroatoms. The third-order valence-electron chi connectivity index (χ3n) is 3.76. The summed E-state index contributed by atoms with van der Waals surface area (Å²) in [4.78, 5) is 12.3. The Labute approximate surface area is 179 Å². The lowest BCUT2D eigenvalue weighted by Crippen LogP contribution is -2.27. The number of benzene rings is 1. The summed E-state index contributed by atoms with van der Waals surface area (Å²) in [7, 11) is -2.33. The second-order valence-electron chi connectivity index (χ2n) is 5.96. The van der Waals surface area contributed by atoms with Crippen molar-refractivity contribution in [3.63, 3.8) is 0 Å². The Balaban J connectivity index is 2.50. The topological polar surface area (TPSA) is 96.3 Å². The molecule has 0 fully saturated rings. The largest absolute Gasteiger partial charge is 0.468 e. The van der Waals surface area contributed by atoms with Gasteiger partial charge in [0.1, 0.15) is 6.54 Å². The van der Waals surface area contributed by atoms with Crippen molar-refractivity contribution >= 4 is 50.2 Å². The number of carbonyl (C=O) groups is 1. The number of rotatable bonds is 7. The predicted octanol–water partition coefficient (Wildman–Crippen LogP) is 4.07. The summed E-state index contributed by atoms with van der Waals surface area (Å²) >= 11 is 6.84. The highest BCUT2D eigenvalue weighted by Crippen LogP contribution is 2.35. The average molecular weight is 481 g/mol. The van der Waals surface area contributed by atoms with Crippen molar-refractivity contribution in [2.45, 2.75) is 11.1 Å². The molecule has 30 heavy (non-hydrogen) atoms. The van der Waals surface area contributed by atoms with Crippen molar-refractivity contribution in [2.24, 2.45) is 0 Å². The van der Waals surface area contributed by atoms with Crippen LogP contribution in [-0.2, 0) is 19.4 Å². The van der Waals surface area contributed by atoms with E-state index >= 15 is 0 Å². The number of carbonyl (C=O) groups excluding carboxylic acids is 1. The third-order valence-corrected chi connectivity index (χ3v) is 6.40. The van der Waals surface area contributed by atoms with Gasteiger partial charge in [0.2, 0.25) is 0 Å². The first-order chi connectivity index (χ1) is 13.8. The zero-order chi connectivity index (χ0) is 22.7. The number of ether oxygens (including phenoxy) is 1. The zero-order valence-electron chi connectivity index (χ0n) is 15.6. The molecule has 162 valence electrons. The van der Waals surface area contributed by atoms with Crippen LogP contribution in [0, 0.1) is 5.41 Å². The van der Waals surface area contributed by atoms with E-state index in [2.05, 4.69) is 10.1 Å². The molecule has 0 spiro atoms. The fourth-order valence-electron chi connectivity index (χ4n) is 2.26. The maximum absolute atomic E-state index is 13.0. The monoisotopic (exact) mass is 480 g/mol. The molecule has 2 N–H and O–H groups in total. The first-order valence-corrected chi connectivity index (χ1v) is 11.2. The lowest BCUT2D eigenvalue weighted by atomic mass is 10.2. The standard InChI is InChI=1S/C18H16ClF3N2O4S2/c1-28-14(25)9-24-16(15(19)17(23)18(20,21)22)13-7-6-12(29-13)10-4-3-5-11(8-10)30(2,26)27/h3-8,23-24H,9H2,1-2H3/b16-15+,23-17?. The number of nitrogens with one attached hydrogen (secondary N) is 2. The van der Waals surface area contributed by atoms with Crippen LogP contribution in [-0.4, -0.2) is 46.2 Å². The molecule has 1 heterocycles. The molecule has 0 amide bonds. The molecule has 0 aliphatic carbocycles. The molecule has 0 bridgehead atoms. The molecule has 0 radical (unpaired) electrons. The second kappa shape index (κ2) is 9.19. The van der Waals surface area contributed by atoms with Gasteiger partial charge in [-0.1, -0.05) is 23.7 Å². The Morgan fingerprint density at radius 1 is 1.27 bits per heavy atom. The first-order valence-electron chi connectivity index (χ1n) is 8.12. The second-order valence-corrected chi connectivity index (χ2v) is 9.43. The summed E-state index contributed by atoms with van der Waals surface area (Å²) in [5.41, 5.74) is -1.51. The van der Waals surface area contributed by atoms with Crippen LogP contribution in [0.25, 0.3) is 16.1 Å². The highest BCUT2D eigenvalue weighted by atomic mass is 35.5. The van der Waals surface area contributed by atoms with Crippen LogP contribution in [0.1, 0.15) is 4.88 Å². The predicted molar refractivity (Wildman–Crippen MR) is 109 cm³/mol. The van der Waals surface area contributed by atoms with E-state index in [0.717, 1.165) is 24.7 Å². The summed E-state index contributed by atoms with van der Waals surface area (Å²) < 4.78 is 66.8. The number of hydrogen-bond acceptors (Lipinski definition) is 7. The summed E-state index contributed by atoms with van der Waals surface area (Å²) in [5, 5.41) is 8.87. The van der Waals surface area contributed by atoms with Crippen molar-refractivity contribution < 1.29 is 31.1 Å². The van der Waals surface area contributed by atoms with E-state index in [1.807, 2.05) is 0 Å². The molecule has 0 aliphatic rings. The van der Waals surface area contributed by atoms with Gasteiger partial charge in [-0.25, -0.2) is 8.42 Å². The molecule has 0 saturated carbocycles. The fraction of sp³-hybridized carbons (Fsp3) is 0.222. The minimum Gasteiger partial charge on any atom is -0.468 e. The van der Waals surface area contributed by atoms with Gasteiger partial charge >= 0.3 is 12.1 Å². The zero-order valence-corrected chi connectivity index (χ0v) is 18.0. The van der Waals surface area contributed by atoms with E-state index in [1.165, 1.54) is 18.2 Å². The minimum absolute atomic E-state index is 0.0893. The van der Waals surface area contributed by atoms with Gasteiger partial charge in [-0.2, -0.15) is 13.2 Å². The van der Waals surface area contributed by atoms with E-state index in [0.29, 0.717) is 10.4 Å². The maximum Gasteiger partial charge on any atom is 0.434 e. The highest BCUT2D eigenvalue weighted by molar-refractivity contribution is 7.90. The van der Waals surface area contributed by atoms with Crippen molar-refractivity contribution in [3.8, 4) is 10.4 Å². The van der Waals surface area contributed by atoms with Crippen molar-refractivity contribution in [3.05, 3.63) is 46.3 Å². The van der Waals surface area contributed by atoms with Gasteiger partial charge in [-0.05, 0) is 29.8 Å². The summed E-state index contributed by atoms with van der Waals surface area (Å²) in [5.74, 6) is -0.742. The fourth-order valence-corrected chi connectivity index (χ4v) is 4.29. The van der Waals surface area contributed by atoms with E-state index < -0.39 is 39.3 Å². The Morgan fingerprint density at radius 2 is 1.93 bits per heavy atom. The summed E-state index contributed by atoms with van der Waals surface area (Å²) in [6.07, 6.45) is -3.93. The maximum atomic E-state index is 13.0. The minimum atomic E-state index is -4.99. The molecule has 0 atom stereocenters. The molecule has 6 nitrogen and oxygen atoms in total. The van der Waals surface area contributed by atoms with Gasteiger partial charge in [0.15, 0.2) is 15.5 Å². The molecule has 2 aromatic rings. The Kier molecular flexibility index (Phi) is 7.32. The van der Waals surface area contributed by atoms with Crippen LogP contribution in [0.4, 0.5) is 13.2 Å². The molecule has 0 saturated heterocycles. The molecular weight excluding hydrogens is 465 g/mol. The Hall–Kier alpha value is -2.37. The van der Waals surface area contributed by atoms with Gasteiger partial charge in [0.05, 0.1) is 27.6 Å². The number of hydrogen-bond donors (Lipinski definition) is 2. The molecule has 2 rings (SSSR count). The Morgan fingerprint density at radius 3 is 2.50 bits per heavy atom. The van der Waals surface area contributed by atoms with Crippen LogP contribution < -0.4 is 5.32 Å². The number of methoxy groups -OCH3 is 1. The quantitative estimate of drug-likeness (QED) is 0.460. The van der Waals surface area contributed by atoms with E-state index in [1.54, 1.807) is 18.2 Å². The number of halogens is 4. The van der Waals surface area contributed by atoms with Gasteiger partial charge in [-0.15, -0.1) is 11.3 Å². The lowest BCUT2D eigenvalue weighted by molar-refractivity contribution is -0.139. The normalized spacial score (nSPS) is 12.9. The van der Waals surface area contributed by atoms with E-state index in [9.17, 15) is 26.4 Å². The van der Waals surface area contributed by atoms with Crippen LogP contribution in [0.5, 0.6) is 0 Å². The van der Waals surface area contributed by atoms with E-state index in [4.69, 9.17) is 17.0 Å². The number of allylic oxidation sites excluding steroid dienone is 1. The lowest BCUT2D eigenvalue weighted by Gasteiger charge is -2.14. The van der Waals surface area contributed by atoms with Crippen LogP contribution in [0.2, 0.25) is 0 Å². The SMILES string of the molecule is COC(=O)CN/C(=C(/Cl)C(=N)C(F)(F)F)c1ccc(-c2cccc(S(C)(=O)=O)c2)s1. The molecule has 0 unspecified atom stereocenters. The van der Waals surface area contributed by atoms with Crippen LogP contribution in [0.3, 0.4) is 0 Å². The molecular formula is C18H16ClF3N2O4S2. The average Bonchev–Trinajstić information content (AvgIpc) is 3.15. The van der Waals surface area contributed by atoms with Gasteiger partial charge < -0.3 is 10.1 Å². The first kappa shape index (κ1) is 23.9. The van der Waals surface area contributed by atoms with Gasteiger partial charge in [0.25, 0.3) is 0 Å². The van der Waals surface area contributed by atoms with E-state index in [-0.39, 0.29) is 15.5 Å². The summed E-state index contributed by atoms with van der Waals surface area (Å²) in [6.45, 7) is -0.468. The van der Waals surface area contributed by atoms with Crippen LogP contribution in [0.15, 0.2) is 46.3 Å². The van der Waals surface area contributed by atoms with Gasteiger partial charge in [0, 0.05) is 11.1 Å². The van der Waals surface area contributed by atoms with Crippen LogP contribution >= 0.6 is 22.9 Å². The summed E-state index contributed by atoms with van der Waals surface area (Å²) in [6, 6.07) is 9.09. The van der Waals surface area contributed by atoms with Gasteiger partial charge in [-0.3, -0.25) is 10.2 Å². The number of sulfone groups is 1.